The molecule has 0 aliphatic carbocycles. The Morgan fingerprint density at radius 2 is 2.00 bits per heavy atom. The van der Waals surface area contributed by atoms with E-state index in [0.29, 0.717) is 0 Å². The third-order valence-corrected chi connectivity index (χ3v) is 2.54. The van der Waals surface area contributed by atoms with Crippen molar-refractivity contribution >= 4 is 23.1 Å². The first-order valence-corrected chi connectivity index (χ1v) is 6.45. The Kier molecular flexibility index (Phi) is 6.98. The summed E-state index contributed by atoms with van der Waals surface area (Å²) in [5.74, 6) is 6.33. The van der Waals surface area contributed by atoms with Crippen molar-refractivity contribution < 1.29 is 0 Å². The van der Waals surface area contributed by atoms with Crippen LogP contribution in [0.4, 0.5) is 5.69 Å². The van der Waals surface area contributed by atoms with E-state index in [1.165, 1.54) is 25.7 Å². The third-order valence-electron chi connectivity index (χ3n) is 2.45. The van der Waals surface area contributed by atoms with Gasteiger partial charge in [0.2, 0.25) is 0 Å². The number of benzene rings is 1. The summed E-state index contributed by atoms with van der Waals surface area (Å²) in [7, 11) is 0. The Labute approximate surface area is 109 Å². The van der Waals surface area contributed by atoms with Crippen molar-refractivity contribution in [2.24, 2.45) is 4.99 Å². The Bertz CT molecular complexity index is 447. The second-order valence-electron chi connectivity index (χ2n) is 3.83. The summed E-state index contributed by atoms with van der Waals surface area (Å²) < 4.78 is 0. The molecule has 0 aliphatic rings. The number of hydrogen-bond acceptors (Lipinski definition) is 2. The molecule has 1 rings (SSSR count). The molecule has 0 N–H and O–H groups in total. The Balaban J connectivity index is 2.56. The fraction of sp³-hybridized carbons (Fsp3) is 0.400. The van der Waals surface area contributed by atoms with E-state index < -0.39 is 0 Å². The third kappa shape index (κ3) is 5.45. The highest BCUT2D eigenvalue weighted by molar-refractivity contribution is 7.78. The fourth-order valence-electron chi connectivity index (χ4n) is 1.52. The van der Waals surface area contributed by atoms with Crippen molar-refractivity contribution in [2.45, 2.75) is 39.0 Å². The molecule has 0 spiro atoms. The van der Waals surface area contributed by atoms with E-state index >= 15 is 0 Å². The highest BCUT2D eigenvalue weighted by Gasteiger charge is 1.94. The minimum atomic E-state index is 0.809. The Morgan fingerprint density at radius 3 is 2.76 bits per heavy atom. The zero-order valence-electron chi connectivity index (χ0n) is 10.2. The highest BCUT2D eigenvalue weighted by Crippen LogP contribution is 2.16. The molecule has 1 aromatic rings. The van der Waals surface area contributed by atoms with Gasteiger partial charge in [-0.2, -0.15) is 4.99 Å². The van der Waals surface area contributed by atoms with Gasteiger partial charge in [-0.1, -0.05) is 50.2 Å². The fourth-order valence-corrected chi connectivity index (χ4v) is 1.62. The molecule has 0 atom stereocenters. The summed E-state index contributed by atoms with van der Waals surface area (Å²) >= 11 is 4.61. The summed E-state index contributed by atoms with van der Waals surface area (Å²) in [5.41, 5.74) is 1.74. The maximum absolute atomic E-state index is 4.61. The lowest BCUT2D eigenvalue weighted by atomic mass is 10.1. The van der Waals surface area contributed by atoms with Crippen molar-refractivity contribution in [2.75, 3.05) is 0 Å². The summed E-state index contributed by atoms with van der Waals surface area (Å²) in [6, 6.07) is 7.76. The number of nitrogens with zero attached hydrogens (tertiary/aromatic N) is 1. The van der Waals surface area contributed by atoms with Crippen LogP contribution < -0.4 is 0 Å². The first kappa shape index (κ1) is 13.6. The first-order valence-electron chi connectivity index (χ1n) is 6.04. The molecule has 0 aliphatic heterocycles. The molecule has 0 aromatic heterocycles. The lowest BCUT2D eigenvalue weighted by Crippen LogP contribution is -1.77. The van der Waals surface area contributed by atoms with Crippen LogP contribution in [-0.2, 0) is 0 Å². The molecule has 0 saturated heterocycles. The summed E-state index contributed by atoms with van der Waals surface area (Å²) in [5, 5.41) is 2.38. The molecule has 88 valence electrons. The summed E-state index contributed by atoms with van der Waals surface area (Å²) in [6.45, 7) is 2.21. The van der Waals surface area contributed by atoms with Gasteiger partial charge < -0.3 is 0 Å². The van der Waals surface area contributed by atoms with Crippen LogP contribution in [0.1, 0.15) is 44.6 Å². The standard InChI is InChI=1S/C15H17NS/c1-2-3-4-5-6-7-10-14-11-8-9-12-15(14)16-13-17/h8-9,11-12H,2-6H2,1H3. The molecule has 0 amide bonds. The number of isothiocyanates is 1. The van der Waals surface area contributed by atoms with E-state index in [0.717, 1.165) is 17.7 Å². The smallest absolute Gasteiger partial charge is 0.0895 e. The maximum Gasteiger partial charge on any atom is 0.0895 e. The lowest BCUT2D eigenvalue weighted by Gasteiger charge is -1.95. The summed E-state index contributed by atoms with van der Waals surface area (Å²) in [6.07, 6.45) is 5.97. The molecular weight excluding hydrogens is 226 g/mol. The van der Waals surface area contributed by atoms with Crippen LogP contribution in [0.3, 0.4) is 0 Å². The van der Waals surface area contributed by atoms with Crippen LogP contribution >= 0.6 is 12.2 Å². The molecular formula is C15H17NS. The van der Waals surface area contributed by atoms with Gasteiger partial charge in [-0.25, -0.2) is 0 Å². The number of rotatable bonds is 5. The van der Waals surface area contributed by atoms with E-state index in [-0.39, 0.29) is 0 Å². The van der Waals surface area contributed by atoms with E-state index in [4.69, 9.17) is 0 Å². The maximum atomic E-state index is 4.61. The zero-order valence-corrected chi connectivity index (χ0v) is 11.0. The predicted octanol–water partition coefficient (Wildman–Crippen LogP) is 4.74. The molecule has 0 radical (unpaired) electrons. The van der Waals surface area contributed by atoms with Gasteiger partial charge in [-0.05, 0) is 30.8 Å². The van der Waals surface area contributed by atoms with E-state index in [2.05, 4.69) is 41.1 Å². The number of thiocarbonyl (C=S) groups is 1. The van der Waals surface area contributed by atoms with Crippen LogP contribution in [0.2, 0.25) is 0 Å². The number of para-hydroxylation sites is 1. The largest absolute Gasteiger partial charge is 0.193 e. The van der Waals surface area contributed by atoms with Gasteiger partial charge >= 0.3 is 0 Å². The number of aliphatic imine (C=N–C) groups is 1. The van der Waals surface area contributed by atoms with E-state index in [1.807, 2.05) is 24.3 Å². The molecule has 0 saturated carbocycles. The van der Waals surface area contributed by atoms with Gasteiger partial charge in [0.25, 0.3) is 0 Å². The van der Waals surface area contributed by atoms with Gasteiger partial charge in [0, 0.05) is 6.42 Å². The predicted molar refractivity (Wildman–Crippen MR) is 76.8 cm³/mol. The van der Waals surface area contributed by atoms with Gasteiger partial charge in [-0.15, -0.1) is 0 Å². The van der Waals surface area contributed by atoms with Crippen molar-refractivity contribution in [3.05, 3.63) is 29.8 Å². The average Bonchev–Trinajstić information content (AvgIpc) is 2.36. The Hall–Kier alpha value is -1.42. The molecule has 0 unspecified atom stereocenters. The van der Waals surface area contributed by atoms with Crippen molar-refractivity contribution in [1.82, 2.24) is 0 Å². The second kappa shape index (κ2) is 8.70. The van der Waals surface area contributed by atoms with Crippen LogP contribution in [0.25, 0.3) is 0 Å². The topological polar surface area (TPSA) is 12.4 Å². The molecule has 2 heteroatoms. The molecule has 0 fully saturated rings. The normalized spacial score (nSPS) is 9.00. The SMILES string of the molecule is CCCCCCC#Cc1ccccc1N=C=S. The van der Waals surface area contributed by atoms with Gasteiger partial charge in [0.05, 0.1) is 16.4 Å². The minimum Gasteiger partial charge on any atom is -0.193 e. The molecule has 1 aromatic carbocycles. The lowest BCUT2D eigenvalue weighted by molar-refractivity contribution is 0.679. The second-order valence-corrected chi connectivity index (χ2v) is 4.02. The number of unbranched alkanes of at least 4 members (excludes halogenated alkanes) is 4. The quantitative estimate of drug-likeness (QED) is 0.315. The molecule has 1 nitrogen and oxygen atoms in total. The Morgan fingerprint density at radius 1 is 1.18 bits per heavy atom. The molecule has 0 bridgehead atoms. The van der Waals surface area contributed by atoms with Gasteiger partial charge in [0.15, 0.2) is 0 Å². The van der Waals surface area contributed by atoms with E-state index in [1.54, 1.807) is 0 Å². The average molecular weight is 243 g/mol. The summed E-state index contributed by atoms with van der Waals surface area (Å²) in [4.78, 5) is 4.00. The monoisotopic (exact) mass is 243 g/mol. The van der Waals surface area contributed by atoms with Crippen LogP contribution in [0.5, 0.6) is 0 Å². The molecule has 0 heterocycles. The van der Waals surface area contributed by atoms with Crippen LogP contribution in [-0.4, -0.2) is 5.16 Å². The van der Waals surface area contributed by atoms with Gasteiger partial charge in [0.1, 0.15) is 0 Å². The molecule has 17 heavy (non-hydrogen) atoms. The highest BCUT2D eigenvalue weighted by atomic mass is 32.1. The van der Waals surface area contributed by atoms with Crippen molar-refractivity contribution in [1.29, 1.82) is 0 Å². The van der Waals surface area contributed by atoms with E-state index in [9.17, 15) is 0 Å². The minimum absolute atomic E-state index is 0.809. The zero-order chi connectivity index (χ0) is 12.3. The van der Waals surface area contributed by atoms with Crippen molar-refractivity contribution in [3.8, 4) is 11.8 Å². The number of hydrogen-bond donors (Lipinski definition) is 0. The van der Waals surface area contributed by atoms with Gasteiger partial charge in [-0.3, -0.25) is 0 Å². The van der Waals surface area contributed by atoms with Crippen LogP contribution in [0, 0.1) is 11.8 Å². The van der Waals surface area contributed by atoms with Crippen molar-refractivity contribution in [3.63, 3.8) is 0 Å². The van der Waals surface area contributed by atoms with Crippen LogP contribution in [0.15, 0.2) is 29.3 Å². The first-order chi connectivity index (χ1) is 8.38.